The second-order valence-corrected chi connectivity index (χ2v) is 23.9. The molecule has 8 aromatic carbocycles. The van der Waals surface area contributed by atoms with E-state index in [1.165, 1.54) is 0 Å². The fraction of sp³-hybridized carbons (Fsp3) is 0.177. The Hall–Kier alpha value is -8.58. The van der Waals surface area contributed by atoms with Crippen LogP contribution in [0.2, 0.25) is 0 Å². The lowest BCUT2D eigenvalue weighted by Crippen LogP contribution is -2.16. The summed E-state index contributed by atoms with van der Waals surface area (Å²) in [7, 11) is -10.4. The molecule has 8 aromatic rings. The molecule has 18 heteroatoms. The zero-order valence-corrected chi connectivity index (χ0v) is 46.4. The van der Waals surface area contributed by atoms with Crippen molar-refractivity contribution in [2.24, 2.45) is 0 Å². The van der Waals surface area contributed by atoms with Gasteiger partial charge in [0.2, 0.25) is 20.0 Å². The average molecular weight is 1140 g/mol. The molecule has 0 aliphatic heterocycles. The number of unbranched alkanes of at least 4 members (excludes halogenated alkanes) is 1. The summed E-state index contributed by atoms with van der Waals surface area (Å²) in [5, 5.41) is 27.1. The van der Waals surface area contributed by atoms with Crippen LogP contribution >= 0.6 is 0 Å². The first kappa shape index (κ1) is 60.6. The SMILES string of the molecule is CCCCS(=O)(=O)Nc1ccc(CCc2cccc(C(=O)O)c2)cc1.O=C(O)c1cccc(CCc2ccc(NS(=O)(=O)Cc3ccccc3)cc2)c1.O=C(O)c1cccc(CCc2ccc(NS(=O)(=O)c3ccccc3)cc2)c1. The molecule has 6 N–H and O–H groups in total. The summed E-state index contributed by atoms with van der Waals surface area (Å²) >= 11 is 0. The maximum atomic E-state index is 12.3. The van der Waals surface area contributed by atoms with Gasteiger partial charge >= 0.3 is 17.9 Å². The zero-order chi connectivity index (χ0) is 57.5. The van der Waals surface area contributed by atoms with Crippen molar-refractivity contribution >= 4 is 65.0 Å². The molecule has 0 saturated heterocycles. The molecule has 0 atom stereocenters. The molecule has 0 fully saturated rings. The Morgan fingerprint density at radius 3 is 1.05 bits per heavy atom. The molecular formula is C62H63N3O12S3. The number of aromatic carboxylic acids is 3. The lowest BCUT2D eigenvalue weighted by atomic mass is 10.0. The van der Waals surface area contributed by atoms with Crippen molar-refractivity contribution in [3.05, 3.63) is 262 Å². The summed E-state index contributed by atoms with van der Waals surface area (Å²) < 4.78 is 80.7. The first-order valence-corrected chi connectivity index (χ1v) is 30.4. The van der Waals surface area contributed by atoms with Crippen molar-refractivity contribution in [1.82, 2.24) is 0 Å². The van der Waals surface area contributed by atoms with Gasteiger partial charge in [0.25, 0.3) is 10.0 Å². The average Bonchev–Trinajstić information content (AvgIpc) is 3.44. The quantitative estimate of drug-likeness (QED) is 0.0331. The predicted octanol–water partition coefficient (Wildman–Crippen LogP) is 11.8. The molecule has 15 nitrogen and oxygen atoms in total. The Morgan fingerprint density at radius 2 is 0.688 bits per heavy atom. The number of carboxylic acid groups (broad SMARTS) is 3. The molecule has 416 valence electrons. The third kappa shape index (κ3) is 20.7. The number of sulfonamides is 3. The third-order valence-corrected chi connectivity index (χ3v) is 16.3. The largest absolute Gasteiger partial charge is 0.478 e. The van der Waals surface area contributed by atoms with Crippen molar-refractivity contribution in [3.63, 3.8) is 0 Å². The molecule has 0 aromatic heterocycles. The molecule has 0 aliphatic carbocycles. The molecule has 0 spiro atoms. The lowest BCUT2D eigenvalue weighted by molar-refractivity contribution is 0.0686. The zero-order valence-electron chi connectivity index (χ0n) is 43.9. The van der Waals surface area contributed by atoms with E-state index in [2.05, 4.69) is 14.2 Å². The second-order valence-electron chi connectivity index (χ2n) is 18.6. The predicted molar refractivity (Wildman–Crippen MR) is 314 cm³/mol. The summed E-state index contributed by atoms with van der Waals surface area (Å²) in [6, 6.07) is 59.6. The molecule has 0 aliphatic rings. The highest BCUT2D eigenvalue weighted by atomic mass is 32.2. The number of benzene rings is 8. The Kier molecular flexibility index (Phi) is 22.3. The molecule has 0 amide bonds. The van der Waals surface area contributed by atoms with Gasteiger partial charge in [-0.15, -0.1) is 0 Å². The third-order valence-electron chi connectivity index (χ3n) is 12.3. The van der Waals surface area contributed by atoms with Crippen LogP contribution in [0.3, 0.4) is 0 Å². The van der Waals surface area contributed by atoms with Crippen LogP contribution in [-0.4, -0.2) is 64.2 Å². The van der Waals surface area contributed by atoms with Gasteiger partial charge < -0.3 is 15.3 Å². The molecule has 0 bridgehead atoms. The summed E-state index contributed by atoms with van der Waals surface area (Å²) in [6.45, 7) is 1.95. The summed E-state index contributed by atoms with van der Waals surface area (Å²) in [4.78, 5) is 33.3. The van der Waals surface area contributed by atoms with Crippen molar-refractivity contribution in [3.8, 4) is 0 Å². The number of nitrogens with one attached hydrogen (secondary N) is 3. The number of carboxylic acids is 3. The van der Waals surface area contributed by atoms with Crippen LogP contribution in [0, 0.1) is 0 Å². The molecule has 8 rings (SSSR count). The van der Waals surface area contributed by atoms with Crippen molar-refractivity contribution < 1.29 is 55.0 Å². The monoisotopic (exact) mass is 1140 g/mol. The Labute approximate surface area is 468 Å². The van der Waals surface area contributed by atoms with E-state index in [4.69, 9.17) is 15.3 Å². The maximum absolute atomic E-state index is 12.3. The topological polar surface area (TPSA) is 250 Å². The van der Waals surface area contributed by atoms with E-state index in [1.807, 2.05) is 79.7 Å². The van der Waals surface area contributed by atoms with Crippen LogP contribution in [0.15, 0.2) is 211 Å². The van der Waals surface area contributed by atoms with E-state index in [1.54, 1.807) is 133 Å². The Balaban J connectivity index is 0.000000194. The van der Waals surface area contributed by atoms with E-state index in [0.717, 1.165) is 71.0 Å². The van der Waals surface area contributed by atoms with Crippen LogP contribution in [-0.2, 0) is 74.3 Å². The first-order chi connectivity index (χ1) is 38.2. The van der Waals surface area contributed by atoms with Gasteiger partial charge in [0, 0.05) is 17.1 Å². The van der Waals surface area contributed by atoms with E-state index >= 15 is 0 Å². The molecular weight excluding hydrogens is 1070 g/mol. The van der Waals surface area contributed by atoms with E-state index in [9.17, 15) is 39.6 Å². The number of hydrogen-bond donors (Lipinski definition) is 6. The highest BCUT2D eigenvalue weighted by Crippen LogP contribution is 2.20. The van der Waals surface area contributed by atoms with Crippen molar-refractivity contribution in [2.45, 2.75) is 68.9 Å². The van der Waals surface area contributed by atoms with Gasteiger partial charge in [0.1, 0.15) is 0 Å². The van der Waals surface area contributed by atoms with Gasteiger partial charge in [-0.2, -0.15) is 0 Å². The smallest absolute Gasteiger partial charge is 0.335 e. The van der Waals surface area contributed by atoms with Gasteiger partial charge in [-0.05, 0) is 169 Å². The number of rotatable bonds is 24. The molecule has 0 unspecified atom stereocenters. The lowest BCUT2D eigenvalue weighted by Gasteiger charge is -2.09. The standard InChI is InChI=1S/C22H21NO4S.C21H19NO4S.C19H23NO4S/c24-22(25)20-8-4-7-18(15-20)10-9-17-11-13-21(14-12-17)23-28(26,27)16-19-5-2-1-3-6-19;23-21(24)18-6-4-5-17(15-18)10-9-16-11-13-19(14-12-16)22-27(25,26)20-7-2-1-3-8-20;1-2-3-13-25(23,24)20-18-11-9-15(10-12-18)7-8-16-5-4-6-17(14-16)19(21)22/h1-8,11-15,23H,9-10,16H2,(H,24,25);1-8,11-15,22H,9-10H2,(H,23,24);4-6,9-12,14,20H,2-3,7-8,13H2,1H3,(H,21,22). The van der Waals surface area contributed by atoms with Crippen LogP contribution in [0.4, 0.5) is 17.1 Å². The molecule has 0 saturated carbocycles. The Bertz CT molecular complexity index is 3660. The number of carbonyl (C=O) groups is 3. The molecule has 0 radical (unpaired) electrons. The van der Waals surface area contributed by atoms with Crippen LogP contribution < -0.4 is 14.2 Å². The maximum Gasteiger partial charge on any atom is 0.335 e. The van der Waals surface area contributed by atoms with Crippen LogP contribution in [0.25, 0.3) is 0 Å². The fourth-order valence-electron chi connectivity index (χ4n) is 8.05. The van der Waals surface area contributed by atoms with Crippen molar-refractivity contribution in [2.75, 3.05) is 19.9 Å². The van der Waals surface area contributed by atoms with E-state index in [0.29, 0.717) is 36.3 Å². The molecule has 0 heterocycles. The normalized spacial score (nSPS) is 11.2. The van der Waals surface area contributed by atoms with Gasteiger partial charge in [-0.1, -0.05) is 135 Å². The Morgan fingerprint density at radius 1 is 0.362 bits per heavy atom. The van der Waals surface area contributed by atoms with E-state index < -0.39 is 48.0 Å². The number of anilines is 3. The summed E-state index contributed by atoms with van der Waals surface area (Å²) in [5.41, 5.74) is 9.17. The van der Waals surface area contributed by atoms with Gasteiger partial charge in [-0.25, -0.2) is 39.6 Å². The minimum atomic E-state index is -3.60. The highest BCUT2D eigenvalue weighted by Gasteiger charge is 2.15. The van der Waals surface area contributed by atoms with Crippen LogP contribution in [0.5, 0.6) is 0 Å². The number of aryl methyl sites for hydroxylation is 6. The minimum absolute atomic E-state index is 0.0739. The molecule has 80 heavy (non-hydrogen) atoms. The second kappa shape index (κ2) is 29.4. The van der Waals surface area contributed by atoms with E-state index in [-0.39, 0.29) is 33.1 Å². The minimum Gasteiger partial charge on any atom is -0.478 e. The van der Waals surface area contributed by atoms with Gasteiger partial charge in [0.15, 0.2) is 0 Å². The van der Waals surface area contributed by atoms with Crippen LogP contribution in [0.1, 0.15) is 89.8 Å². The summed E-state index contributed by atoms with van der Waals surface area (Å²) in [5.74, 6) is -2.75. The van der Waals surface area contributed by atoms with Gasteiger partial charge in [-0.3, -0.25) is 14.2 Å². The van der Waals surface area contributed by atoms with Crippen molar-refractivity contribution in [1.29, 1.82) is 0 Å². The fourth-order valence-corrected chi connectivity index (χ4v) is 11.6. The van der Waals surface area contributed by atoms with Gasteiger partial charge in [0.05, 0.1) is 33.1 Å². The number of hydrogen-bond acceptors (Lipinski definition) is 9. The summed E-state index contributed by atoms with van der Waals surface area (Å²) in [6.07, 6.45) is 5.84. The highest BCUT2D eigenvalue weighted by molar-refractivity contribution is 7.93. The first-order valence-electron chi connectivity index (χ1n) is 25.6.